The maximum Gasteiger partial charge on any atom is 0.287 e. The number of carbonyl (C=O) groups is 3. The van der Waals surface area contributed by atoms with Gasteiger partial charge in [0.25, 0.3) is 5.91 Å². The van der Waals surface area contributed by atoms with Crippen LogP contribution in [0.25, 0.3) is 0 Å². The molecule has 0 saturated carbocycles. The van der Waals surface area contributed by atoms with Crippen LogP contribution >= 0.6 is 0 Å². The topological polar surface area (TPSA) is 89.3 Å². The van der Waals surface area contributed by atoms with Crippen LogP contribution in [0.3, 0.4) is 0 Å². The molecule has 5 nitrogen and oxygen atoms in total. The van der Waals surface area contributed by atoms with Crippen LogP contribution in [0.2, 0.25) is 0 Å². The van der Waals surface area contributed by atoms with Gasteiger partial charge < -0.3 is 11.1 Å². The van der Waals surface area contributed by atoms with Gasteiger partial charge in [-0.15, -0.1) is 0 Å². The standard InChI is InChI=1S/C18H18N2O3/c19-17(22)15-9-5-4-8-14(15)12-20-18(23)16(21)11-10-13-6-2-1-3-7-13/h1-9H,10-12H2,(H2,19,22)(H,20,23). The van der Waals surface area contributed by atoms with E-state index in [0.717, 1.165) is 5.56 Å². The van der Waals surface area contributed by atoms with Crippen molar-refractivity contribution in [3.8, 4) is 0 Å². The van der Waals surface area contributed by atoms with Crippen molar-refractivity contribution >= 4 is 17.6 Å². The van der Waals surface area contributed by atoms with Crippen LogP contribution in [0, 0.1) is 0 Å². The molecule has 0 fully saturated rings. The molecule has 0 spiro atoms. The highest BCUT2D eigenvalue weighted by atomic mass is 16.2. The van der Waals surface area contributed by atoms with Gasteiger partial charge in [-0.05, 0) is 23.6 Å². The Bertz CT molecular complexity index is 711. The number of primary amides is 1. The van der Waals surface area contributed by atoms with Gasteiger partial charge in [-0.2, -0.15) is 0 Å². The molecule has 0 radical (unpaired) electrons. The van der Waals surface area contributed by atoms with Gasteiger partial charge in [0.2, 0.25) is 11.7 Å². The van der Waals surface area contributed by atoms with Crippen molar-refractivity contribution in [1.82, 2.24) is 5.32 Å². The number of carbonyl (C=O) groups excluding carboxylic acids is 3. The predicted octanol–water partition coefficient (Wildman–Crippen LogP) is 1.60. The Morgan fingerprint density at radius 3 is 2.26 bits per heavy atom. The smallest absolute Gasteiger partial charge is 0.287 e. The Labute approximate surface area is 134 Å². The van der Waals surface area contributed by atoms with Crippen molar-refractivity contribution in [2.45, 2.75) is 19.4 Å². The van der Waals surface area contributed by atoms with Crippen LogP contribution in [0.4, 0.5) is 0 Å². The second-order valence-electron chi connectivity index (χ2n) is 5.11. The SMILES string of the molecule is NC(=O)c1ccccc1CNC(=O)C(=O)CCc1ccccc1. The number of Topliss-reactive ketones (excluding diaryl/α,β-unsaturated/α-hetero) is 1. The van der Waals surface area contributed by atoms with Crippen molar-refractivity contribution in [3.63, 3.8) is 0 Å². The lowest BCUT2D eigenvalue weighted by molar-refractivity contribution is -0.138. The molecule has 2 rings (SSSR count). The summed E-state index contributed by atoms with van der Waals surface area (Å²) in [5.74, 6) is -1.70. The Balaban J connectivity index is 1.87. The van der Waals surface area contributed by atoms with Gasteiger partial charge in [-0.3, -0.25) is 14.4 Å². The summed E-state index contributed by atoms with van der Waals surface area (Å²) in [5, 5.41) is 2.53. The molecule has 118 valence electrons. The highest BCUT2D eigenvalue weighted by Gasteiger charge is 2.14. The summed E-state index contributed by atoms with van der Waals surface area (Å²) in [5.41, 5.74) is 7.21. The van der Waals surface area contributed by atoms with E-state index in [9.17, 15) is 14.4 Å². The third kappa shape index (κ3) is 4.78. The molecular formula is C18H18N2O3. The fraction of sp³-hybridized carbons (Fsp3) is 0.167. The van der Waals surface area contributed by atoms with Gasteiger partial charge in [-0.25, -0.2) is 0 Å². The van der Waals surface area contributed by atoms with Crippen molar-refractivity contribution in [3.05, 3.63) is 71.3 Å². The molecule has 2 aromatic carbocycles. The monoisotopic (exact) mass is 310 g/mol. The molecular weight excluding hydrogens is 292 g/mol. The van der Waals surface area contributed by atoms with Gasteiger partial charge in [0, 0.05) is 18.5 Å². The van der Waals surface area contributed by atoms with Gasteiger partial charge in [0.15, 0.2) is 0 Å². The highest BCUT2D eigenvalue weighted by molar-refractivity contribution is 6.36. The van der Waals surface area contributed by atoms with Crippen molar-refractivity contribution in [2.75, 3.05) is 0 Å². The van der Waals surface area contributed by atoms with Gasteiger partial charge >= 0.3 is 0 Å². The molecule has 0 heterocycles. The van der Waals surface area contributed by atoms with E-state index < -0.39 is 17.6 Å². The summed E-state index contributed by atoms with van der Waals surface area (Å²) < 4.78 is 0. The average molecular weight is 310 g/mol. The summed E-state index contributed by atoms with van der Waals surface area (Å²) >= 11 is 0. The highest BCUT2D eigenvalue weighted by Crippen LogP contribution is 2.08. The normalized spacial score (nSPS) is 10.1. The van der Waals surface area contributed by atoms with Crippen LogP contribution in [-0.2, 0) is 22.6 Å². The minimum absolute atomic E-state index is 0.0923. The molecule has 0 aromatic heterocycles. The van der Waals surface area contributed by atoms with Crippen molar-refractivity contribution in [1.29, 1.82) is 0 Å². The third-order valence-corrected chi connectivity index (χ3v) is 3.46. The first-order valence-corrected chi connectivity index (χ1v) is 7.30. The number of nitrogens with one attached hydrogen (secondary N) is 1. The number of benzene rings is 2. The predicted molar refractivity (Wildman–Crippen MR) is 86.6 cm³/mol. The Morgan fingerprint density at radius 1 is 0.913 bits per heavy atom. The Hall–Kier alpha value is -2.95. The maximum atomic E-state index is 11.9. The minimum atomic E-state index is -0.653. The van der Waals surface area contributed by atoms with Crippen LogP contribution in [0.15, 0.2) is 54.6 Å². The fourth-order valence-electron chi connectivity index (χ4n) is 2.21. The van der Waals surface area contributed by atoms with Crippen LogP contribution in [0.5, 0.6) is 0 Å². The zero-order chi connectivity index (χ0) is 16.7. The molecule has 2 amide bonds. The molecule has 0 aliphatic heterocycles. The molecule has 0 aliphatic carbocycles. The summed E-state index contributed by atoms with van der Waals surface area (Å²) in [6.07, 6.45) is 0.665. The van der Waals surface area contributed by atoms with Gasteiger partial charge in [0.1, 0.15) is 0 Å². The van der Waals surface area contributed by atoms with E-state index in [0.29, 0.717) is 17.5 Å². The summed E-state index contributed by atoms with van der Waals surface area (Å²) in [7, 11) is 0. The molecule has 23 heavy (non-hydrogen) atoms. The summed E-state index contributed by atoms with van der Waals surface area (Å²) in [6.45, 7) is 0.0923. The van der Waals surface area contributed by atoms with E-state index in [1.165, 1.54) is 0 Å². The minimum Gasteiger partial charge on any atom is -0.366 e. The molecule has 0 bridgehead atoms. The molecule has 0 unspecified atom stereocenters. The summed E-state index contributed by atoms with van der Waals surface area (Å²) in [4.78, 5) is 35.0. The van der Waals surface area contributed by atoms with Gasteiger partial charge in [-0.1, -0.05) is 48.5 Å². The third-order valence-electron chi connectivity index (χ3n) is 3.46. The second-order valence-corrected chi connectivity index (χ2v) is 5.11. The average Bonchev–Trinajstić information content (AvgIpc) is 2.58. The number of rotatable bonds is 7. The van der Waals surface area contributed by atoms with Crippen molar-refractivity contribution in [2.24, 2.45) is 5.73 Å². The number of nitrogens with two attached hydrogens (primary N) is 1. The molecule has 5 heteroatoms. The Kier molecular flexibility index (Phi) is 5.63. The number of ketones is 1. The first-order valence-electron chi connectivity index (χ1n) is 7.30. The van der Waals surface area contributed by atoms with E-state index in [1.807, 2.05) is 30.3 Å². The van der Waals surface area contributed by atoms with E-state index in [2.05, 4.69) is 5.32 Å². The number of amides is 2. The van der Waals surface area contributed by atoms with E-state index in [1.54, 1.807) is 24.3 Å². The zero-order valence-corrected chi connectivity index (χ0v) is 12.6. The summed E-state index contributed by atoms with van der Waals surface area (Å²) in [6, 6.07) is 16.2. The first kappa shape index (κ1) is 16.4. The maximum absolute atomic E-state index is 11.9. The number of aryl methyl sites for hydroxylation is 1. The van der Waals surface area contributed by atoms with Crippen LogP contribution in [-0.4, -0.2) is 17.6 Å². The molecule has 0 aliphatic rings. The zero-order valence-electron chi connectivity index (χ0n) is 12.6. The molecule has 0 atom stereocenters. The first-order chi connectivity index (χ1) is 11.1. The number of hydrogen-bond acceptors (Lipinski definition) is 3. The molecule has 3 N–H and O–H groups in total. The van der Waals surface area contributed by atoms with Crippen LogP contribution < -0.4 is 11.1 Å². The molecule has 0 saturated heterocycles. The Morgan fingerprint density at radius 2 is 1.57 bits per heavy atom. The van der Waals surface area contributed by atoms with E-state index in [-0.39, 0.29) is 13.0 Å². The van der Waals surface area contributed by atoms with Crippen molar-refractivity contribution < 1.29 is 14.4 Å². The number of hydrogen-bond donors (Lipinski definition) is 2. The van der Waals surface area contributed by atoms with E-state index in [4.69, 9.17) is 5.73 Å². The lowest BCUT2D eigenvalue weighted by Gasteiger charge is -2.08. The lowest BCUT2D eigenvalue weighted by Crippen LogP contribution is -2.31. The largest absolute Gasteiger partial charge is 0.366 e. The fourth-order valence-corrected chi connectivity index (χ4v) is 2.21. The molecule has 2 aromatic rings. The van der Waals surface area contributed by atoms with Gasteiger partial charge in [0.05, 0.1) is 0 Å². The van der Waals surface area contributed by atoms with Crippen LogP contribution in [0.1, 0.15) is 27.9 Å². The quantitative estimate of drug-likeness (QED) is 0.761. The van der Waals surface area contributed by atoms with E-state index >= 15 is 0 Å². The second kappa shape index (κ2) is 7.89. The lowest BCUT2D eigenvalue weighted by atomic mass is 10.1.